The standard InChI is InChI=1S/C14H22N2O5/c1-9(12(18)19)8-11(17)16-7-5-6-10(15-16)13(20)21-14(2,3)4/h10,15H,1,5-8H2,2-4H3,(H,18,19). The Labute approximate surface area is 123 Å². The minimum Gasteiger partial charge on any atom is -0.478 e. The van der Waals surface area contributed by atoms with Gasteiger partial charge in [0.1, 0.15) is 11.6 Å². The minimum atomic E-state index is -1.20. The number of esters is 1. The highest BCUT2D eigenvalue weighted by Gasteiger charge is 2.31. The Morgan fingerprint density at radius 2 is 2.00 bits per heavy atom. The van der Waals surface area contributed by atoms with E-state index in [1.165, 1.54) is 5.01 Å². The number of rotatable bonds is 4. The van der Waals surface area contributed by atoms with Crippen molar-refractivity contribution in [3.63, 3.8) is 0 Å². The van der Waals surface area contributed by atoms with Crippen LogP contribution in [-0.4, -0.2) is 46.1 Å². The number of hydrogen-bond donors (Lipinski definition) is 2. The predicted octanol–water partition coefficient (Wildman–Crippen LogP) is 0.855. The van der Waals surface area contributed by atoms with Crippen LogP contribution in [0.5, 0.6) is 0 Å². The maximum atomic E-state index is 12.0. The third kappa shape index (κ3) is 5.55. The van der Waals surface area contributed by atoms with E-state index in [0.29, 0.717) is 19.4 Å². The topological polar surface area (TPSA) is 95.9 Å². The molecule has 7 heteroatoms. The van der Waals surface area contributed by atoms with Crippen LogP contribution in [0, 0.1) is 0 Å². The first-order valence-electron chi connectivity index (χ1n) is 6.80. The van der Waals surface area contributed by atoms with Crippen LogP contribution in [-0.2, 0) is 19.1 Å². The second-order valence-corrected chi connectivity index (χ2v) is 5.99. The number of carbonyl (C=O) groups is 3. The molecule has 0 aromatic carbocycles. The van der Waals surface area contributed by atoms with Gasteiger partial charge < -0.3 is 9.84 Å². The van der Waals surface area contributed by atoms with E-state index in [0.717, 1.165) is 0 Å². The zero-order valence-corrected chi connectivity index (χ0v) is 12.6. The highest BCUT2D eigenvalue weighted by atomic mass is 16.6. The molecule has 0 aliphatic carbocycles. The number of hydrazine groups is 1. The molecule has 0 aromatic rings. The molecule has 0 aromatic heterocycles. The molecular weight excluding hydrogens is 276 g/mol. The van der Waals surface area contributed by atoms with E-state index in [1.807, 2.05) is 0 Å². The predicted molar refractivity (Wildman–Crippen MR) is 75.1 cm³/mol. The van der Waals surface area contributed by atoms with Gasteiger partial charge in [0.25, 0.3) is 0 Å². The van der Waals surface area contributed by atoms with Crippen molar-refractivity contribution in [3.05, 3.63) is 12.2 Å². The van der Waals surface area contributed by atoms with Gasteiger partial charge in [0.15, 0.2) is 0 Å². The average Bonchev–Trinajstić information content (AvgIpc) is 2.36. The molecule has 1 atom stereocenters. The molecule has 21 heavy (non-hydrogen) atoms. The van der Waals surface area contributed by atoms with Gasteiger partial charge in [-0.05, 0) is 33.6 Å². The zero-order valence-electron chi connectivity index (χ0n) is 12.6. The van der Waals surface area contributed by atoms with Gasteiger partial charge in [-0.1, -0.05) is 6.58 Å². The van der Waals surface area contributed by atoms with Gasteiger partial charge in [-0.15, -0.1) is 0 Å². The molecule has 1 amide bonds. The van der Waals surface area contributed by atoms with Crippen LogP contribution in [0.25, 0.3) is 0 Å². The first kappa shape index (κ1) is 17.2. The molecule has 2 N–H and O–H groups in total. The summed E-state index contributed by atoms with van der Waals surface area (Å²) in [5.74, 6) is -2.04. The molecule has 7 nitrogen and oxygen atoms in total. The Kier molecular flexibility index (Phi) is 5.48. The second kappa shape index (κ2) is 6.71. The molecule has 0 saturated carbocycles. The van der Waals surface area contributed by atoms with Gasteiger partial charge in [0.2, 0.25) is 5.91 Å². The third-order valence-electron chi connectivity index (χ3n) is 2.85. The Morgan fingerprint density at radius 1 is 1.38 bits per heavy atom. The molecule has 0 bridgehead atoms. The van der Waals surface area contributed by atoms with Gasteiger partial charge in [-0.2, -0.15) is 0 Å². The summed E-state index contributed by atoms with van der Waals surface area (Å²) in [5, 5.41) is 10.0. The fraction of sp³-hybridized carbons (Fsp3) is 0.643. The highest BCUT2D eigenvalue weighted by Crippen LogP contribution is 2.15. The van der Waals surface area contributed by atoms with E-state index in [4.69, 9.17) is 9.84 Å². The number of carboxylic acids is 1. The smallest absolute Gasteiger partial charge is 0.331 e. The lowest BCUT2D eigenvalue weighted by molar-refractivity contribution is -0.162. The van der Waals surface area contributed by atoms with Gasteiger partial charge in [-0.3, -0.25) is 14.6 Å². The van der Waals surface area contributed by atoms with E-state index in [2.05, 4.69) is 12.0 Å². The van der Waals surface area contributed by atoms with Crippen molar-refractivity contribution in [1.29, 1.82) is 0 Å². The Bertz CT molecular complexity index is 453. The summed E-state index contributed by atoms with van der Waals surface area (Å²) in [5.41, 5.74) is 2.02. The highest BCUT2D eigenvalue weighted by molar-refractivity contribution is 5.93. The molecule has 0 spiro atoms. The molecule has 1 unspecified atom stereocenters. The summed E-state index contributed by atoms with van der Waals surface area (Å²) >= 11 is 0. The fourth-order valence-electron chi connectivity index (χ4n) is 1.86. The van der Waals surface area contributed by atoms with E-state index in [-0.39, 0.29) is 12.0 Å². The first-order valence-corrected chi connectivity index (χ1v) is 6.80. The van der Waals surface area contributed by atoms with Crippen LogP contribution >= 0.6 is 0 Å². The summed E-state index contributed by atoms with van der Waals surface area (Å²) in [6.45, 7) is 9.06. The number of amides is 1. The number of carboxylic acid groups (broad SMARTS) is 1. The lowest BCUT2D eigenvalue weighted by atomic mass is 10.1. The zero-order chi connectivity index (χ0) is 16.2. The Hall–Kier alpha value is -1.89. The summed E-state index contributed by atoms with van der Waals surface area (Å²) in [6.07, 6.45) is 0.921. The molecule has 1 heterocycles. The quantitative estimate of drug-likeness (QED) is 0.590. The maximum absolute atomic E-state index is 12.0. The van der Waals surface area contributed by atoms with Crippen LogP contribution in [0.15, 0.2) is 12.2 Å². The summed E-state index contributed by atoms with van der Waals surface area (Å²) in [4.78, 5) is 34.6. The fourth-order valence-corrected chi connectivity index (χ4v) is 1.86. The van der Waals surface area contributed by atoms with Gasteiger partial charge in [-0.25, -0.2) is 10.2 Å². The minimum absolute atomic E-state index is 0.179. The number of nitrogens with zero attached hydrogens (tertiary/aromatic N) is 1. The molecule has 118 valence electrons. The van der Waals surface area contributed by atoms with Crippen LogP contribution in [0.1, 0.15) is 40.0 Å². The molecule has 0 radical (unpaired) electrons. The van der Waals surface area contributed by atoms with Crippen molar-refractivity contribution >= 4 is 17.8 Å². The summed E-state index contributed by atoms with van der Waals surface area (Å²) in [7, 11) is 0. The van der Waals surface area contributed by atoms with Crippen LogP contribution in [0.3, 0.4) is 0 Å². The van der Waals surface area contributed by atoms with Crippen molar-refractivity contribution < 1.29 is 24.2 Å². The Balaban J connectivity index is 2.59. The summed E-state index contributed by atoms with van der Waals surface area (Å²) in [6, 6.07) is -0.597. The van der Waals surface area contributed by atoms with Crippen LogP contribution in [0.2, 0.25) is 0 Å². The first-order chi connectivity index (χ1) is 9.60. The number of carbonyl (C=O) groups excluding carboxylic acids is 2. The lowest BCUT2D eigenvalue weighted by Crippen LogP contribution is -2.56. The lowest BCUT2D eigenvalue weighted by Gasteiger charge is -2.34. The van der Waals surface area contributed by atoms with Gasteiger partial charge in [0.05, 0.1) is 6.42 Å². The molecule has 1 rings (SSSR count). The number of aliphatic carboxylic acids is 1. The maximum Gasteiger partial charge on any atom is 0.331 e. The average molecular weight is 298 g/mol. The number of ether oxygens (including phenoxy) is 1. The van der Waals surface area contributed by atoms with Crippen molar-refractivity contribution in [1.82, 2.24) is 10.4 Å². The monoisotopic (exact) mass is 298 g/mol. The van der Waals surface area contributed by atoms with E-state index < -0.39 is 29.5 Å². The second-order valence-electron chi connectivity index (χ2n) is 5.99. The van der Waals surface area contributed by atoms with Gasteiger partial charge >= 0.3 is 11.9 Å². The SMILES string of the molecule is C=C(CC(=O)N1CCCC(C(=O)OC(C)(C)C)N1)C(=O)O. The number of hydrogen-bond acceptors (Lipinski definition) is 5. The largest absolute Gasteiger partial charge is 0.478 e. The van der Waals surface area contributed by atoms with E-state index in [1.54, 1.807) is 20.8 Å². The van der Waals surface area contributed by atoms with Crippen molar-refractivity contribution in [2.45, 2.75) is 51.7 Å². The molecule has 1 aliphatic heterocycles. The summed E-state index contributed by atoms with van der Waals surface area (Å²) < 4.78 is 5.27. The van der Waals surface area contributed by atoms with E-state index in [9.17, 15) is 14.4 Å². The third-order valence-corrected chi connectivity index (χ3v) is 2.85. The van der Waals surface area contributed by atoms with Crippen molar-refractivity contribution in [2.75, 3.05) is 6.54 Å². The molecule has 1 fully saturated rings. The van der Waals surface area contributed by atoms with Crippen LogP contribution in [0.4, 0.5) is 0 Å². The molecular formula is C14H22N2O5. The van der Waals surface area contributed by atoms with Crippen molar-refractivity contribution in [3.8, 4) is 0 Å². The Morgan fingerprint density at radius 3 is 2.52 bits per heavy atom. The van der Waals surface area contributed by atoms with Crippen LogP contribution < -0.4 is 5.43 Å². The van der Waals surface area contributed by atoms with Crippen molar-refractivity contribution in [2.24, 2.45) is 0 Å². The van der Waals surface area contributed by atoms with Gasteiger partial charge in [0, 0.05) is 12.1 Å². The molecule has 1 aliphatic rings. The van der Waals surface area contributed by atoms with E-state index >= 15 is 0 Å². The normalized spacial score (nSPS) is 19.0. The number of nitrogens with one attached hydrogen (secondary N) is 1. The molecule has 1 saturated heterocycles.